The molecule has 2 aromatic carbocycles. The van der Waals surface area contributed by atoms with Gasteiger partial charge in [-0.2, -0.15) is 0 Å². The Morgan fingerprint density at radius 3 is 1.73 bits per heavy atom. The summed E-state index contributed by atoms with van der Waals surface area (Å²) < 4.78 is 5.22. The number of hydrogen-bond donors (Lipinski definition) is 3. The quantitative estimate of drug-likeness (QED) is 0.524. The number of rotatable bonds is 5. The fourth-order valence-electron chi connectivity index (χ4n) is 2.77. The SMILES string of the molecule is Cc1cccc(NC(=O)c2cnc(C(=O)Nc3cccc(NC(=O)OC(C)(C)C)c3)cn2)c1. The number of nitrogens with one attached hydrogen (secondary N) is 3. The number of ether oxygens (including phenoxy) is 1. The predicted molar refractivity (Wildman–Crippen MR) is 125 cm³/mol. The van der Waals surface area contributed by atoms with Crippen molar-refractivity contribution in [2.75, 3.05) is 16.0 Å². The van der Waals surface area contributed by atoms with Crippen LogP contribution in [0.4, 0.5) is 21.9 Å². The van der Waals surface area contributed by atoms with Gasteiger partial charge in [0.05, 0.1) is 12.4 Å². The summed E-state index contributed by atoms with van der Waals surface area (Å²) in [6.07, 6.45) is 1.86. The zero-order valence-electron chi connectivity index (χ0n) is 18.8. The summed E-state index contributed by atoms with van der Waals surface area (Å²) in [4.78, 5) is 44.9. The standard InChI is InChI=1S/C24H25N5O4/c1-15-7-5-8-16(11-15)27-21(30)19-13-26-20(14-25-19)22(31)28-17-9-6-10-18(12-17)29-23(32)33-24(2,3)4/h5-14H,1-4H3,(H,27,30)(H,28,31)(H,29,32). The molecule has 9 heteroatoms. The number of benzene rings is 2. The predicted octanol–water partition coefficient (Wildman–Crippen LogP) is 4.64. The van der Waals surface area contributed by atoms with Crippen LogP contribution in [0, 0.1) is 6.92 Å². The first-order valence-corrected chi connectivity index (χ1v) is 10.2. The van der Waals surface area contributed by atoms with E-state index >= 15 is 0 Å². The summed E-state index contributed by atoms with van der Waals surface area (Å²) in [7, 11) is 0. The van der Waals surface area contributed by atoms with Crippen LogP contribution in [0.3, 0.4) is 0 Å². The third kappa shape index (κ3) is 7.13. The van der Waals surface area contributed by atoms with Crippen LogP contribution in [0.2, 0.25) is 0 Å². The molecule has 0 saturated heterocycles. The van der Waals surface area contributed by atoms with Gasteiger partial charge in [-0.15, -0.1) is 0 Å². The Morgan fingerprint density at radius 2 is 1.24 bits per heavy atom. The Bertz CT molecular complexity index is 1170. The molecule has 0 aliphatic heterocycles. The fourth-order valence-corrected chi connectivity index (χ4v) is 2.77. The Kier molecular flexibility index (Phi) is 7.02. The lowest BCUT2D eigenvalue weighted by atomic mass is 10.2. The van der Waals surface area contributed by atoms with Gasteiger partial charge >= 0.3 is 6.09 Å². The van der Waals surface area contributed by atoms with Gasteiger partial charge < -0.3 is 15.4 Å². The average molecular weight is 447 g/mol. The number of carbonyl (C=O) groups excluding carboxylic acids is 3. The molecule has 170 valence electrons. The summed E-state index contributed by atoms with van der Waals surface area (Å²) in [5.74, 6) is -0.941. The second-order valence-electron chi connectivity index (χ2n) is 8.27. The molecule has 0 aliphatic carbocycles. The molecule has 1 heterocycles. The molecule has 33 heavy (non-hydrogen) atoms. The van der Waals surface area contributed by atoms with E-state index in [-0.39, 0.29) is 11.4 Å². The van der Waals surface area contributed by atoms with E-state index in [4.69, 9.17) is 4.74 Å². The van der Waals surface area contributed by atoms with Gasteiger partial charge in [-0.1, -0.05) is 18.2 Å². The average Bonchev–Trinajstić information content (AvgIpc) is 2.72. The van der Waals surface area contributed by atoms with Gasteiger partial charge in [0.2, 0.25) is 0 Å². The fraction of sp³-hybridized carbons (Fsp3) is 0.208. The van der Waals surface area contributed by atoms with Crippen molar-refractivity contribution in [2.45, 2.75) is 33.3 Å². The van der Waals surface area contributed by atoms with Crippen LogP contribution < -0.4 is 16.0 Å². The zero-order valence-corrected chi connectivity index (χ0v) is 18.8. The van der Waals surface area contributed by atoms with E-state index in [1.54, 1.807) is 51.1 Å². The van der Waals surface area contributed by atoms with Gasteiger partial charge in [-0.3, -0.25) is 14.9 Å². The molecule has 3 amide bonds. The molecule has 0 bridgehead atoms. The number of hydrogen-bond acceptors (Lipinski definition) is 6. The van der Waals surface area contributed by atoms with Gasteiger partial charge in [0.15, 0.2) is 0 Å². The Labute approximate surface area is 191 Å². The molecule has 0 radical (unpaired) electrons. The zero-order chi connectivity index (χ0) is 24.0. The summed E-state index contributed by atoms with van der Waals surface area (Å²) in [5, 5.41) is 8.03. The topological polar surface area (TPSA) is 122 Å². The maximum absolute atomic E-state index is 12.5. The van der Waals surface area contributed by atoms with E-state index in [1.165, 1.54) is 12.4 Å². The number of amides is 3. The van der Waals surface area contributed by atoms with Gasteiger partial charge in [-0.25, -0.2) is 14.8 Å². The molecule has 0 saturated carbocycles. The Balaban J connectivity index is 1.61. The number of carbonyl (C=O) groups is 3. The second kappa shape index (κ2) is 9.90. The van der Waals surface area contributed by atoms with Crippen molar-refractivity contribution in [1.82, 2.24) is 9.97 Å². The molecule has 0 atom stereocenters. The van der Waals surface area contributed by atoms with E-state index < -0.39 is 23.5 Å². The van der Waals surface area contributed by atoms with Gasteiger partial charge in [-0.05, 0) is 63.6 Å². The van der Waals surface area contributed by atoms with Crippen LogP contribution in [0.15, 0.2) is 60.9 Å². The monoisotopic (exact) mass is 447 g/mol. The van der Waals surface area contributed by atoms with Crippen LogP contribution in [0.5, 0.6) is 0 Å². The Morgan fingerprint density at radius 1 is 0.758 bits per heavy atom. The van der Waals surface area contributed by atoms with Gasteiger partial charge in [0.1, 0.15) is 17.0 Å². The normalized spacial score (nSPS) is 10.8. The van der Waals surface area contributed by atoms with Crippen molar-refractivity contribution in [1.29, 1.82) is 0 Å². The van der Waals surface area contributed by atoms with Crippen molar-refractivity contribution < 1.29 is 19.1 Å². The highest BCUT2D eigenvalue weighted by Gasteiger charge is 2.17. The molecule has 1 aromatic heterocycles. The molecule has 0 unspecified atom stereocenters. The lowest BCUT2D eigenvalue weighted by Crippen LogP contribution is -2.27. The molecule has 3 rings (SSSR count). The summed E-state index contributed by atoms with van der Waals surface area (Å²) in [6, 6.07) is 13.9. The summed E-state index contributed by atoms with van der Waals surface area (Å²) in [6.45, 7) is 7.22. The van der Waals surface area contributed by atoms with E-state index in [0.29, 0.717) is 17.1 Å². The van der Waals surface area contributed by atoms with Gasteiger partial charge in [0.25, 0.3) is 11.8 Å². The van der Waals surface area contributed by atoms with Crippen LogP contribution >= 0.6 is 0 Å². The van der Waals surface area contributed by atoms with Crippen LogP contribution in [-0.4, -0.2) is 33.5 Å². The second-order valence-corrected chi connectivity index (χ2v) is 8.27. The number of nitrogens with zero attached hydrogens (tertiary/aromatic N) is 2. The molecule has 9 nitrogen and oxygen atoms in total. The minimum atomic E-state index is -0.627. The number of anilines is 3. The van der Waals surface area contributed by atoms with Crippen molar-refractivity contribution in [3.63, 3.8) is 0 Å². The van der Waals surface area contributed by atoms with Crippen LogP contribution in [0.25, 0.3) is 0 Å². The van der Waals surface area contributed by atoms with Crippen molar-refractivity contribution in [2.24, 2.45) is 0 Å². The van der Waals surface area contributed by atoms with E-state index in [0.717, 1.165) is 5.56 Å². The smallest absolute Gasteiger partial charge is 0.412 e. The maximum Gasteiger partial charge on any atom is 0.412 e. The third-order valence-electron chi connectivity index (χ3n) is 4.16. The minimum Gasteiger partial charge on any atom is -0.444 e. The van der Waals surface area contributed by atoms with E-state index in [2.05, 4.69) is 25.9 Å². The lowest BCUT2D eigenvalue weighted by Gasteiger charge is -2.19. The molecule has 0 aliphatic rings. The minimum absolute atomic E-state index is 0.0348. The van der Waals surface area contributed by atoms with Crippen molar-refractivity contribution in [3.8, 4) is 0 Å². The molecular formula is C24H25N5O4. The maximum atomic E-state index is 12.5. The molecule has 0 fully saturated rings. The third-order valence-corrected chi connectivity index (χ3v) is 4.16. The highest BCUT2D eigenvalue weighted by molar-refractivity contribution is 6.05. The van der Waals surface area contributed by atoms with Crippen LogP contribution in [0.1, 0.15) is 47.3 Å². The van der Waals surface area contributed by atoms with Crippen LogP contribution in [-0.2, 0) is 4.74 Å². The molecule has 3 N–H and O–H groups in total. The first-order chi connectivity index (χ1) is 15.6. The molecule has 0 spiro atoms. The van der Waals surface area contributed by atoms with E-state index in [9.17, 15) is 14.4 Å². The highest BCUT2D eigenvalue weighted by Crippen LogP contribution is 2.17. The van der Waals surface area contributed by atoms with Gasteiger partial charge in [0, 0.05) is 17.1 Å². The van der Waals surface area contributed by atoms with Crippen molar-refractivity contribution in [3.05, 3.63) is 77.9 Å². The first kappa shape index (κ1) is 23.4. The lowest BCUT2D eigenvalue weighted by molar-refractivity contribution is 0.0635. The summed E-state index contributed by atoms with van der Waals surface area (Å²) >= 11 is 0. The molecule has 3 aromatic rings. The van der Waals surface area contributed by atoms with E-state index in [1.807, 2.05) is 25.1 Å². The highest BCUT2D eigenvalue weighted by atomic mass is 16.6. The number of aromatic nitrogens is 2. The largest absolute Gasteiger partial charge is 0.444 e. The van der Waals surface area contributed by atoms with Crippen molar-refractivity contribution >= 4 is 35.0 Å². The molecular weight excluding hydrogens is 422 g/mol. The summed E-state index contributed by atoms with van der Waals surface area (Å²) in [5.41, 5.74) is 2.04. The first-order valence-electron chi connectivity index (χ1n) is 10.2. The number of aryl methyl sites for hydroxylation is 1. The Hall–Kier alpha value is -4.27.